The highest BCUT2D eigenvalue weighted by Crippen LogP contribution is 2.30. The minimum atomic E-state index is 0.273. The first-order valence-corrected chi connectivity index (χ1v) is 6.84. The highest BCUT2D eigenvalue weighted by molar-refractivity contribution is 14.1. The van der Waals surface area contributed by atoms with E-state index in [0.717, 1.165) is 11.3 Å². The summed E-state index contributed by atoms with van der Waals surface area (Å²) >= 11 is 8.17. The molecule has 0 aliphatic carbocycles. The van der Waals surface area contributed by atoms with Gasteiger partial charge in [0.05, 0.1) is 5.69 Å². The average molecular weight is 370 g/mol. The number of fused-ring (bicyclic) bond motifs is 1. The molecule has 0 amide bonds. The largest absolute Gasteiger partial charge is 0.350 e. The van der Waals surface area contributed by atoms with Crippen LogP contribution in [0.15, 0.2) is 36.7 Å². The summed E-state index contributed by atoms with van der Waals surface area (Å²) in [6, 6.07) is 8.24. The molecule has 3 nitrogen and oxygen atoms in total. The lowest BCUT2D eigenvalue weighted by atomic mass is 10.1. The fourth-order valence-electron chi connectivity index (χ4n) is 2.05. The van der Waals surface area contributed by atoms with E-state index in [4.69, 9.17) is 11.6 Å². The molecule has 0 unspecified atom stereocenters. The van der Waals surface area contributed by atoms with Crippen LogP contribution >= 0.6 is 34.2 Å². The van der Waals surface area contributed by atoms with Gasteiger partial charge in [0.15, 0.2) is 0 Å². The first-order chi connectivity index (χ1) is 8.65. The second kappa shape index (κ2) is 4.51. The van der Waals surface area contributed by atoms with Gasteiger partial charge in [0.2, 0.25) is 5.28 Å². The summed E-state index contributed by atoms with van der Waals surface area (Å²) < 4.78 is 3.30. The summed E-state index contributed by atoms with van der Waals surface area (Å²) in [5, 5.41) is 1.45. The molecule has 1 aromatic carbocycles. The summed E-state index contributed by atoms with van der Waals surface area (Å²) in [4.78, 5) is 8.19. The van der Waals surface area contributed by atoms with Crippen LogP contribution in [0.25, 0.3) is 22.2 Å². The zero-order valence-corrected chi connectivity index (χ0v) is 12.5. The molecule has 3 rings (SSSR count). The number of hydrogen-bond acceptors (Lipinski definition) is 2. The highest BCUT2D eigenvalue weighted by atomic mass is 127. The number of hydrogen-bond donors (Lipinski definition) is 0. The van der Waals surface area contributed by atoms with Gasteiger partial charge in [-0.25, -0.2) is 9.97 Å². The smallest absolute Gasteiger partial charge is 0.222 e. The van der Waals surface area contributed by atoms with Crippen LogP contribution in [0.3, 0.4) is 0 Å². The lowest BCUT2D eigenvalue weighted by molar-refractivity contribution is 0.969. The van der Waals surface area contributed by atoms with E-state index in [1.807, 2.05) is 13.1 Å². The van der Waals surface area contributed by atoms with Gasteiger partial charge >= 0.3 is 0 Å². The lowest BCUT2D eigenvalue weighted by Gasteiger charge is -1.99. The zero-order chi connectivity index (χ0) is 12.7. The maximum absolute atomic E-state index is 5.85. The minimum Gasteiger partial charge on any atom is -0.350 e. The number of aryl methyl sites for hydroxylation is 1. The third kappa shape index (κ3) is 1.99. The summed E-state index contributed by atoms with van der Waals surface area (Å²) in [5.41, 5.74) is 3.11. The first kappa shape index (κ1) is 11.9. The predicted molar refractivity (Wildman–Crippen MR) is 81.7 cm³/mol. The normalized spacial score (nSPS) is 11.1. The molecule has 90 valence electrons. The molecule has 0 radical (unpaired) electrons. The van der Waals surface area contributed by atoms with Crippen molar-refractivity contribution in [1.82, 2.24) is 14.5 Å². The zero-order valence-electron chi connectivity index (χ0n) is 9.56. The molecular formula is C13H9ClIN3. The van der Waals surface area contributed by atoms with Crippen LogP contribution in [0, 0.1) is 3.57 Å². The maximum Gasteiger partial charge on any atom is 0.222 e. The van der Waals surface area contributed by atoms with E-state index in [1.165, 1.54) is 14.5 Å². The van der Waals surface area contributed by atoms with Gasteiger partial charge in [-0.2, -0.15) is 0 Å². The van der Waals surface area contributed by atoms with Gasteiger partial charge in [0.25, 0.3) is 0 Å². The van der Waals surface area contributed by atoms with Gasteiger partial charge in [-0.3, -0.25) is 0 Å². The minimum absolute atomic E-state index is 0.273. The standard InChI is InChI=1S/C13H9ClIN3/c1-18-7-10(11-4-5-16-13(14)17-11)9-6-8(15)2-3-12(9)18/h2-7H,1H3. The van der Waals surface area contributed by atoms with Gasteiger partial charge in [0.1, 0.15) is 0 Å². The fraction of sp³-hybridized carbons (Fsp3) is 0.0769. The van der Waals surface area contributed by atoms with Crippen molar-refractivity contribution in [3.05, 3.63) is 45.5 Å². The Kier molecular flexibility index (Phi) is 2.99. The van der Waals surface area contributed by atoms with Crippen molar-refractivity contribution in [1.29, 1.82) is 0 Å². The van der Waals surface area contributed by atoms with Crippen LogP contribution < -0.4 is 0 Å². The van der Waals surface area contributed by atoms with Gasteiger partial charge in [0, 0.05) is 39.5 Å². The molecule has 0 aliphatic heterocycles. The molecule has 0 aliphatic rings. The molecule has 5 heteroatoms. The van der Waals surface area contributed by atoms with E-state index in [9.17, 15) is 0 Å². The monoisotopic (exact) mass is 369 g/mol. The van der Waals surface area contributed by atoms with Crippen LogP contribution in [0.4, 0.5) is 0 Å². The number of benzene rings is 1. The van der Waals surface area contributed by atoms with Crippen LogP contribution in [0.2, 0.25) is 5.28 Å². The topological polar surface area (TPSA) is 30.7 Å². The quantitative estimate of drug-likeness (QED) is 0.481. The van der Waals surface area contributed by atoms with Crippen LogP contribution in [0.1, 0.15) is 0 Å². The molecule has 2 aromatic heterocycles. The van der Waals surface area contributed by atoms with Gasteiger partial charge in [-0.05, 0) is 58.5 Å². The second-order valence-electron chi connectivity index (χ2n) is 4.03. The Morgan fingerprint density at radius 3 is 2.89 bits per heavy atom. The Hall–Kier alpha value is -1.14. The van der Waals surface area contributed by atoms with Crippen molar-refractivity contribution < 1.29 is 0 Å². The molecule has 0 saturated heterocycles. The van der Waals surface area contributed by atoms with E-state index >= 15 is 0 Å². The second-order valence-corrected chi connectivity index (χ2v) is 5.61. The Bertz CT molecular complexity index is 736. The Morgan fingerprint density at radius 1 is 1.28 bits per heavy atom. The summed E-state index contributed by atoms with van der Waals surface area (Å²) in [5.74, 6) is 0. The Labute approximate surface area is 123 Å². The van der Waals surface area contributed by atoms with E-state index in [2.05, 4.69) is 61.5 Å². The fourth-order valence-corrected chi connectivity index (χ4v) is 2.69. The number of rotatable bonds is 1. The van der Waals surface area contributed by atoms with Crippen molar-refractivity contribution >= 4 is 45.1 Å². The van der Waals surface area contributed by atoms with E-state index in [-0.39, 0.29) is 5.28 Å². The average Bonchev–Trinajstić information content (AvgIpc) is 2.66. The molecule has 3 aromatic rings. The van der Waals surface area contributed by atoms with E-state index in [0.29, 0.717) is 0 Å². The van der Waals surface area contributed by atoms with Gasteiger partial charge < -0.3 is 4.57 Å². The number of halogens is 2. The van der Waals surface area contributed by atoms with Crippen LogP contribution in [-0.4, -0.2) is 14.5 Å². The molecule has 0 saturated carbocycles. The Balaban J connectivity index is 2.32. The van der Waals surface area contributed by atoms with E-state index < -0.39 is 0 Å². The highest BCUT2D eigenvalue weighted by Gasteiger charge is 2.10. The number of aromatic nitrogens is 3. The molecule has 0 atom stereocenters. The van der Waals surface area contributed by atoms with Crippen LogP contribution in [0.5, 0.6) is 0 Å². The third-order valence-corrected chi connectivity index (χ3v) is 3.71. The van der Waals surface area contributed by atoms with E-state index in [1.54, 1.807) is 6.20 Å². The third-order valence-electron chi connectivity index (χ3n) is 2.85. The van der Waals surface area contributed by atoms with Gasteiger partial charge in [-0.1, -0.05) is 0 Å². The van der Waals surface area contributed by atoms with Crippen molar-refractivity contribution in [3.63, 3.8) is 0 Å². The maximum atomic E-state index is 5.85. The lowest BCUT2D eigenvalue weighted by Crippen LogP contribution is -1.85. The molecule has 18 heavy (non-hydrogen) atoms. The number of nitrogens with zero attached hydrogens (tertiary/aromatic N) is 3. The molecule has 0 spiro atoms. The summed E-state index contributed by atoms with van der Waals surface area (Å²) in [6.07, 6.45) is 3.75. The van der Waals surface area contributed by atoms with Crippen molar-refractivity contribution in [2.75, 3.05) is 0 Å². The molecule has 0 fully saturated rings. The first-order valence-electron chi connectivity index (χ1n) is 5.38. The summed E-state index contributed by atoms with van der Waals surface area (Å²) in [7, 11) is 2.03. The van der Waals surface area contributed by atoms with Crippen molar-refractivity contribution in [2.45, 2.75) is 0 Å². The van der Waals surface area contributed by atoms with Crippen LogP contribution in [-0.2, 0) is 7.05 Å². The SMILES string of the molecule is Cn1cc(-c2ccnc(Cl)n2)c2cc(I)ccc21. The molecule has 0 N–H and O–H groups in total. The van der Waals surface area contributed by atoms with Gasteiger partial charge in [-0.15, -0.1) is 0 Å². The molecule has 0 bridgehead atoms. The molecule has 2 heterocycles. The summed E-state index contributed by atoms with van der Waals surface area (Å²) in [6.45, 7) is 0. The predicted octanol–water partition coefficient (Wildman–Crippen LogP) is 3.89. The molecular weight excluding hydrogens is 361 g/mol. The van der Waals surface area contributed by atoms with Crippen molar-refractivity contribution in [2.24, 2.45) is 7.05 Å². The Morgan fingerprint density at radius 2 is 2.11 bits per heavy atom. The van der Waals surface area contributed by atoms with Crippen molar-refractivity contribution in [3.8, 4) is 11.3 Å².